The summed E-state index contributed by atoms with van der Waals surface area (Å²) in [4.78, 5) is 14.8. The van der Waals surface area contributed by atoms with E-state index in [1.165, 1.54) is 5.56 Å². The molecule has 6 heteroatoms. The average Bonchev–Trinajstić information content (AvgIpc) is 2.93. The smallest absolute Gasteiger partial charge is 0.180 e. The van der Waals surface area contributed by atoms with Gasteiger partial charge in [0.1, 0.15) is 5.82 Å². The van der Waals surface area contributed by atoms with Gasteiger partial charge in [-0.25, -0.2) is 9.97 Å². The fourth-order valence-corrected chi connectivity index (χ4v) is 2.14. The molecule has 0 aliphatic rings. The predicted molar refractivity (Wildman–Crippen MR) is 78.6 cm³/mol. The van der Waals surface area contributed by atoms with Gasteiger partial charge in [0.15, 0.2) is 11.5 Å². The van der Waals surface area contributed by atoms with Crippen molar-refractivity contribution in [3.63, 3.8) is 0 Å². The molecule has 0 saturated carbocycles. The fraction of sp³-hybridized carbons (Fsp3) is 0.214. The molecule has 102 valence electrons. The minimum absolute atomic E-state index is 0.487. The van der Waals surface area contributed by atoms with Gasteiger partial charge in [-0.1, -0.05) is 0 Å². The van der Waals surface area contributed by atoms with Crippen LogP contribution in [0.4, 0.5) is 11.6 Å². The van der Waals surface area contributed by atoms with Crippen molar-refractivity contribution >= 4 is 17.3 Å². The number of nitrogens with two attached hydrogens (primary N) is 1. The van der Waals surface area contributed by atoms with Crippen molar-refractivity contribution in [1.82, 2.24) is 19.4 Å². The van der Waals surface area contributed by atoms with Gasteiger partial charge < -0.3 is 15.0 Å². The molecule has 0 aliphatic carbocycles. The summed E-state index contributed by atoms with van der Waals surface area (Å²) in [5.41, 5.74) is 7.90. The third-order valence-electron chi connectivity index (χ3n) is 3.22. The van der Waals surface area contributed by atoms with Gasteiger partial charge in [-0.15, -0.1) is 0 Å². The first-order valence-electron chi connectivity index (χ1n) is 6.43. The Morgan fingerprint density at radius 1 is 1.25 bits per heavy atom. The van der Waals surface area contributed by atoms with E-state index in [0.717, 1.165) is 24.4 Å². The first kappa shape index (κ1) is 12.4. The van der Waals surface area contributed by atoms with E-state index in [1.54, 1.807) is 24.8 Å². The van der Waals surface area contributed by atoms with E-state index in [4.69, 9.17) is 5.73 Å². The van der Waals surface area contributed by atoms with E-state index >= 15 is 0 Å². The quantitative estimate of drug-likeness (QED) is 0.774. The van der Waals surface area contributed by atoms with Gasteiger partial charge in [-0.05, 0) is 24.1 Å². The number of anilines is 2. The number of pyridine rings is 1. The summed E-state index contributed by atoms with van der Waals surface area (Å²) in [5.74, 6) is 1.28. The maximum absolute atomic E-state index is 5.83. The van der Waals surface area contributed by atoms with Crippen molar-refractivity contribution in [2.75, 3.05) is 24.2 Å². The third kappa shape index (κ3) is 2.40. The molecule has 0 aliphatic heterocycles. The van der Waals surface area contributed by atoms with Crippen molar-refractivity contribution in [3.8, 4) is 0 Å². The highest BCUT2D eigenvalue weighted by Gasteiger charge is 2.10. The predicted octanol–water partition coefficient (Wildman–Crippen LogP) is 1.39. The Morgan fingerprint density at radius 2 is 2.05 bits per heavy atom. The van der Waals surface area contributed by atoms with E-state index in [0.29, 0.717) is 5.82 Å². The molecule has 3 aromatic heterocycles. The summed E-state index contributed by atoms with van der Waals surface area (Å²) in [7, 11) is 2.00. The molecular weight excluding hydrogens is 252 g/mol. The van der Waals surface area contributed by atoms with Gasteiger partial charge in [-0.3, -0.25) is 4.98 Å². The lowest BCUT2D eigenvalue weighted by Gasteiger charge is -2.19. The molecule has 0 unspecified atom stereocenters. The molecule has 6 nitrogen and oxygen atoms in total. The Labute approximate surface area is 116 Å². The highest BCUT2D eigenvalue weighted by atomic mass is 15.2. The number of rotatable bonds is 4. The molecule has 0 aromatic carbocycles. The number of nitrogen functional groups attached to an aromatic ring is 1. The Morgan fingerprint density at radius 3 is 2.85 bits per heavy atom. The van der Waals surface area contributed by atoms with Crippen LogP contribution in [-0.2, 0) is 6.42 Å². The highest BCUT2D eigenvalue weighted by molar-refractivity contribution is 5.66. The monoisotopic (exact) mass is 268 g/mol. The molecule has 2 N–H and O–H groups in total. The first-order chi connectivity index (χ1) is 9.74. The van der Waals surface area contributed by atoms with Crippen LogP contribution in [0.25, 0.3) is 5.65 Å². The van der Waals surface area contributed by atoms with Crippen molar-refractivity contribution in [3.05, 3.63) is 48.7 Å². The van der Waals surface area contributed by atoms with Crippen molar-refractivity contribution in [2.24, 2.45) is 0 Å². The molecule has 0 atom stereocenters. The van der Waals surface area contributed by atoms with Crippen molar-refractivity contribution < 1.29 is 0 Å². The maximum atomic E-state index is 5.83. The van der Waals surface area contributed by atoms with Gasteiger partial charge in [0.05, 0.1) is 6.20 Å². The van der Waals surface area contributed by atoms with Crippen LogP contribution in [0, 0.1) is 0 Å². The largest absolute Gasteiger partial charge is 0.382 e. The Hall–Kier alpha value is -2.63. The lowest BCUT2D eigenvalue weighted by Crippen LogP contribution is -2.22. The summed E-state index contributed by atoms with van der Waals surface area (Å²) in [6.45, 7) is 0.836. The number of fused-ring (bicyclic) bond motifs is 1. The Balaban J connectivity index is 1.82. The molecule has 20 heavy (non-hydrogen) atoms. The second kappa shape index (κ2) is 5.16. The summed E-state index contributed by atoms with van der Waals surface area (Å²) in [6.07, 6.45) is 9.91. The molecular formula is C14H16N6. The minimum Gasteiger partial charge on any atom is -0.382 e. The lowest BCUT2D eigenvalue weighted by atomic mass is 10.2. The zero-order chi connectivity index (χ0) is 13.9. The molecule has 0 spiro atoms. The van der Waals surface area contributed by atoms with Crippen LogP contribution in [0.1, 0.15) is 5.56 Å². The topological polar surface area (TPSA) is 72.3 Å². The SMILES string of the molecule is CN(CCc1ccncc1)c1nc(N)cn2ccnc12. The van der Waals surface area contributed by atoms with Crippen LogP contribution < -0.4 is 10.6 Å². The standard InChI is InChI=1S/C14H16N6/c1-19(8-4-11-2-5-16-6-3-11)14-13-17-7-9-20(13)10-12(15)18-14/h2-3,5-7,9-10H,4,8,15H2,1H3. The van der Waals surface area contributed by atoms with E-state index in [9.17, 15) is 0 Å². The van der Waals surface area contributed by atoms with Crippen LogP contribution in [0.5, 0.6) is 0 Å². The molecule has 0 bridgehead atoms. The highest BCUT2D eigenvalue weighted by Crippen LogP contribution is 2.18. The zero-order valence-electron chi connectivity index (χ0n) is 11.3. The molecule has 0 radical (unpaired) electrons. The van der Waals surface area contributed by atoms with E-state index in [2.05, 4.69) is 19.9 Å². The normalized spacial score (nSPS) is 10.8. The van der Waals surface area contributed by atoms with Crippen LogP contribution in [0.2, 0.25) is 0 Å². The van der Waals surface area contributed by atoms with E-state index in [1.807, 2.05) is 29.8 Å². The Kier molecular flexibility index (Phi) is 3.20. The first-order valence-corrected chi connectivity index (χ1v) is 6.43. The van der Waals surface area contributed by atoms with Gasteiger partial charge in [0.2, 0.25) is 0 Å². The number of imidazole rings is 1. The molecule has 0 amide bonds. The summed E-state index contributed by atoms with van der Waals surface area (Å²) in [6, 6.07) is 4.04. The average molecular weight is 268 g/mol. The third-order valence-corrected chi connectivity index (χ3v) is 3.22. The number of hydrogen-bond donors (Lipinski definition) is 1. The summed E-state index contributed by atoms with van der Waals surface area (Å²) in [5, 5.41) is 0. The van der Waals surface area contributed by atoms with Crippen LogP contribution >= 0.6 is 0 Å². The van der Waals surface area contributed by atoms with Gasteiger partial charge in [-0.2, -0.15) is 0 Å². The molecule has 0 saturated heterocycles. The molecule has 0 fully saturated rings. The van der Waals surface area contributed by atoms with Crippen LogP contribution in [0.15, 0.2) is 43.1 Å². The summed E-state index contributed by atoms with van der Waals surface area (Å²) < 4.78 is 1.89. The van der Waals surface area contributed by atoms with Crippen molar-refractivity contribution in [2.45, 2.75) is 6.42 Å². The number of hydrogen-bond acceptors (Lipinski definition) is 5. The second-order valence-electron chi connectivity index (χ2n) is 4.67. The maximum Gasteiger partial charge on any atom is 0.180 e. The molecule has 3 rings (SSSR count). The second-order valence-corrected chi connectivity index (χ2v) is 4.67. The summed E-state index contributed by atoms with van der Waals surface area (Å²) >= 11 is 0. The van der Waals surface area contributed by atoms with Crippen molar-refractivity contribution in [1.29, 1.82) is 0 Å². The molecule has 3 heterocycles. The van der Waals surface area contributed by atoms with Gasteiger partial charge in [0, 0.05) is 38.4 Å². The van der Waals surface area contributed by atoms with Gasteiger partial charge in [0.25, 0.3) is 0 Å². The van der Waals surface area contributed by atoms with Gasteiger partial charge >= 0.3 is 0 Å². The zero-order valence-corrected chi connectivity index (χ0v) is 11.3. The minimum atomic E-state index is 0.487. The fourth-order valence-electron chi connectivity index (χ4n) is 2.14. The van der Waals surface area contributed by atoms with E-state index < -0.39 is 0 Å². The number of likely N-dealkylation sites (N-methyl/N-ethyl adjacent to an activating group) is 1. The molecule has 3 aromatic rings. The van der Waals surface area contributed by atoms with E-state index in [-0.39, 0.29) is 0 Å². The number of aromatic nitrogens is 4. The van der Waals surface area contributed by atoms with Crippen LogP contribution in [-0.4, -0.2) is 32.9 Å². The lowest BCUT2D eigenvalue weighted by molar-refractivity contribution is 0.856. The Bertz CT molecular complexity index is 706. The number of nitrogens with zero attached hydrogens (tertiary/aromatic N) is 5. The van der Waals surface area contributed by atoms with Crippen LogP contribution in [0.3, 0.4) is 0 Å².